The average Bonchev–Trinajstić information content (AvgIpc) is 2.36. The summed E-state index contributed by atoms with van der Waals surface area (Å²) in [6.07, 6.45) is 1.32. The highest BCUT2D eigenvalue weighted by molar-refractivity contribution is 6.35. The zero-order valence-electron chi connectivity index (χ0n) is 12.5. The van der Waals surface area contributed by atoms with Crippen molar-refractivity contribution in [3.63, 3.8) is 0 Å². The molecular weight excluding hydrogens is 313 g/mol. The molecular formula is C14H19Cl2N3O2. The second-order valence-electron chi connectivity index (χ2n) is 5.60. The van der Waals surface area contributed by atoms with Gasteiger partial charge in [-0.2, -0.15) is 0 Å². The van der Waals surface area contributed by atoms with E-state index < -0.39 is 0 Å². The molecule has 0 bridgehead atoms. The molecule has 1 heterocycles. The van der Waals surface area contributed by atoms with E-state index >= 15 is 0 Å². The summed E-state index contributed by atoms with van der Waals surface area (Å²) in [5.74, 6) is -0.579. The van der Waals surface area contributed by atoms with Crippen molar-refractivity contribution in [2.75, 3.05) is 13.1 Å². The van der Waals surface area contributed by atoms with E-state index in [9.17, 15) is 9.59 Å². The number of nitrogens with one attached hydrogen (secondary N) is 1. The average molecular weight is 332 g/mol. The second kappa shape index (κ2) is 7.09. The first-order chi connectivity index (χ1) is 9.64. The molecule has 1 rings (SSSR count). The molecule has 5 nitrogen and oxygen atoms in total. The van der Waals surface area contributed by atoms with Crippen LogP contribution < -0.4 is 5.32 Å². The molecule has 0 saturated carbocycles. The molecule has 1 N–H and O–H groups in total. The first kappa shape index (κ1) is 17.7. The third-order valence-electron chi connectivity index (χ3n) is 2.57. The topological polar surface area (TPSA) is 62.3 Å². The molecule has 0 aliphatic rings. The Morgan fingerprint density at radius 2 is 1.95 bits per heavy atom. The van der Waals surface area contributed by atoms with E-state index in [4.69, 9.17) is 23.2 Å². The Hall–Kier alpha value is -1.33. The first-order valence-corrected chi connectivity index (χ1v) is 7.31. The fourth-order valence-electron chi connectivity index (χ4n) is 1.71. The van der Waals surface area contributed by atoms with Gasteiger partial charge in [-0.05, 0) is 33.8 Å². The van der Waals surface area contributed by atoms with Gasteiger partial charge in [-0.1, -0.05) is 23.2 Å². The lowest BCUT2D eigenvalue weighted by atomic mass is 10.1. The highest BCUT2D eigenvalue weighted by Gasteiger charge is 2.22. The molecule has 116 valence electrons. The number of halogens is 2. The van der Waals surface area contributed by atoms with Crippen molar-refractivity contribution in [3.05, 3.63) is 28.0 Å². The van der Waals surface area contributed by atoms with Crippen LogP contribution in [0.4, 0.5) is 0 Å². The summed E-state index contributed by atoms with van der Waals surface area (Å²) in [5.41, 5.74) is -0.112. The standard InChI is InChI=1S/C14H19Cl2N3O2/c1-5-19(8-12(20)18-14(2,3)4)13(21)9-6-11(16)17-7-10(9)15/h6-7H,5,8H2,1-4H3,(H,18,20). The van der Waals surface area contributed by atoms with Crippen LogP contribution in [0.1, 0.15) is 38.1 Å². The Morgan fingerprint density at radius 1 is 1.33 bits per heavy atom. The Kier molecular flexibility index (Phi) is 5.98. The maximum absolute atomic E-state index is 12.4. The van der Waals surface area contributed by atoms with Gasteiger partial charge in [0.05, 0.1) is 17.1 Å². The van der Waals surface area contributed by atoms with Crippen molar-refractivity contribution in [1.29, 1.82) is 0 Å². The van der Waals surface area contributed by atoms with Crippen LogP contribution >= 0.6 is 23.2 Å². The number of carbonyl (C=O) groups excluding carboxylic acids is 2. The first-order valence-electron chi connectivity index (χ1n) is 6.55. The maximum atomic E-state index is 12.4. The van der Waals surface area contributed by atoms with Gasteiger partial charge in [-0.15, -0.1) is 0 Å². The van der Waals surface area contributed by atoms with Crippen LogP contribution in [0.15, 0.2) is 12.3 Å². The fraction of sp³-hybridized carbons (Fsp3) is 0.500. The van der Waals surface area contributed by atoms with Crippen LogP contribution in [0.5, 0.6) is 0 Å². The number of hydrogen-bond donors (Lipinski definition) is 1. The SMILES string of the molecule is CCN(CC(=O)NC(C)(C)C)C(=O)c1cc(Cl)ncc1Cl. The minimum Gasteiger partial charge on any atom is -0.350 e. The molecule has 0 unspecified atom stereocenters. The van der Waals surface area contributed by atoms with Crippen LogP contribution in [0.2, 0.25) is 10.2 Å². The van der Waals surface area contributed by atoms with Crippen molar-refractivity contribution >= 4 is 35.0 Å². The predicted molar refractivity (Wildman–Crippen MR) is 83.7 cm³/mol. The lowest BCUT2D eigenvalue weighted by molar-refractivity contribution is -0.123. The minimum atomic E-state index is -0.351. The molecule has 1 aromatic rings. The summed E-state index contributed by atoms with van der Waals surface area (Å²) in [5, 5.41) is 3.20. The van der Waals surface area contributed by atoms with Crippen LogP contribution in [-0.4, -0.2) is 40.3 Å². The van der Waals surface area contributed by atoms with Crippen molar-refractivity contribution in [2.24, 2.45) is 0 Å². The summed E-state index contributed by atoms with van der Waals surface area (Å²) in [4.78, 5) is 29.6. The van der Waals surface area contributed by atoms with Gasteiger partial charge in [-0.25, -0.2) is 4.98 Å². The lowest BCUT2D eigenvalue weighted by Gasteiger charge is -2.25. The Bertz CT molecular complexity index is 542. The molecule has 0 aliphatic carbocycles. The van der Waals surface area contributed by atoms with Crippen LogP contribution in [0.25, 0.3) is 0 Å². The van der Waals surface area contributed by atoms with Crippen molar-refractivity contribution in [1.82, 2.24) is 15.2 Å². The van der Waals surface area contributed by atoms with E-state index in [0.29, 0.717) is 6.54 Å². The monoisotopic (exact) mass is 331 g/mol. The highest BCUT2D eigenvalue weighted by Crippen LogP contribution is 2.19. The molecule has 0 spiro atoms. The molecule has 21 heavy (non-hydrogen) atoms. The zero-order chi connectivity index (χ0) is 16.2. The number of carbonyl (C=O) groups is 2. The van der Waals surface area contributed by atoms with Crippen molar-refractivity contribution in [2.45, 2.75) is 33.2 Å². The van der Waals surface area contributed by atoms with E-state index in [0.717, 1.165) is 0 Å². The van der Waals surface area contributed by atoms with Gasteiger partial charge in [0.25, 0.3) is 5.91 Å². The summed E-state index contributed by atoms with van der Waals surface area (Å²) in [7, 11) is 0. The van der Waals surface area contributed by atoms with E-state index in [2.05, 4.69) is 10.3 Å². The van der Waals surface area contributed by atoms with Crippen LogP contribution in [-0.2, 0) is 4.79 Å². The maximum Gasteiger partial charge on any atom is 0.255 e. The summed E-state index contributed by atoms with van der Waals surface area (Å²) >= 11 is 11.7. The van der Waals surface area contributed by atoms with Crippen molar-refractivity contribution in [3.8, 4) is 0 Å². The van der Waals surface area contributed by atoms with Gasteiger partial charge in [0.15, 0.2) is 0 Å². The molecule has 0 atom stereocenters. The molecule has 7 heteroatoms. The van der Waals surface area contributed by atoms with Crippen LogP contribution in [0, 0.1) is 0 Å². The molecule has 0 radical (unpaired) electrons. The molecule has 0 fully saturated rings. The van der Waals surface area contributed by atoms with Gasteiger partial charge in [0.2, 0.25) is 5.91 Å². The molecule has 2 amide bonds. The van der Waals surface area contributed by atoms with Crippen molar-refractivity contribution < 1.29 is 9.59 Å². The third kappa shape index (κ3) is 5.52. The smallest absolute Gasteiger partial charge is 0.255 e. The van der Waals surface area contributed by atoms with Gasteiger partial charge in [0.1, 0.15) is 5.15 Å². The predicted octanol–water partition coefficient (Wildman–Crippen LogP) is 2.77. The third-order valence-corrected chi connectivity index (χ3v) is 3.08. The van der Waals surface area contributed by atoms with Gasteiger partial charge >= 0.3 is 0 Å². The Labute approximate surface area is 134 Å². The van der Waals surface area contributed by atoms with E-state index in [1.54, 1.807) is 6.92 Å². The molecule has 0 saturated heterocycles. The largest absolute Gasteiger partial charge is 0.350 e. The fourth-order valence-corrected chi connectivity index (χ4v) is 2.05. The normalized spacial score (nSPS) is 11.1. The quantitative estimate of drug-likeness (QED) is 0.863. The molecule has 0 aliphatic heterocycles. The summed E-state index contributed by atoms with van der Waals surface area (Å²) < 4.78 is 0. The number of pyridine rings is 1. The highest BCUT2D eigenvalue weighted by atomic mass is 35.5. The summed E-state index contributed by atoms with van der Waals surface area (Å²) in [6.45, 7) is 7.77. The van der Waals surface area contributed by atoms with E-state index in [1.807, 2.05) is 20.8 Å². The lowest BCUT2D eigenvalue weighted by Crippen LogP contribution is -2.47. The molecule has 1 aromatic heterocycles. The number of aromatic nitrogens is 1. The van der Waals surface area contributed by atoms with E-state index in [-0.39, 0.29) is 39.6 Å². The second-order valence-corrected chi connectivity index (χ2v) is 6.40. The summed E-state index contributed by atoms with van der Waals surface area (Å²) in [6, 6.07) is 1.40. The van der Waals surface area contributed by atoms with Gasteiger partial charge in [0, 0.05) is 18.3 Å². The molecule has 0 aromatic carbocycles. The number of amides is 2. The minimum absolute atomic E-state index is 0.0388. The van der Waals surface area contributed by atoms with Crippen LogP contribution in [0.3, 0.4) is 0 Å². The number of rotatable bonds is 4. The zero-order valence-corrected chi connectivity index (χ0v) is 14.0. The number of likely N-dealkylation sites (N-methyl/N-ethyl adjacent to an activating group) is 1. The van der Waals surface area contributed by atoms with Gasteiger partial charge < -0.3 is 10.2 Å². The Morgan fingerprint density at radius 3 is 2.48 bits per heavy atom. The number of nitrogens with zero attached hydrogens (tertiary/aromatic N) is 2. The van der Waals surface area contributed by atoms with Gasteiger partial charge in [-0.3, -0.25) is 9.59 Å². The number of hydrogen-bond acceptors (Lipinski definition) is 3. The Balaban J connectivity index is 2.87. The van der Waals surface area contributed by atoms with E-state index in [1.165, 1.54) is 17.2 Å².